The number of ether oxygens (including phenoxy) is 2. The van der Waals surface area contributed by atoms with Crippen LogP contribution in [0.5, 0.6) is 11.5 Å². The average molecular weight is 373 g/mol. The molecule has 2 aromatic carbocycles. The summed E-state index contributed by atoms with van der Waals surface area (Å²) < 4.78 is 10.7. The second kappa shape index (κ2) is 7.79. The molecular weight excluding hydrogens is 354 g/mol. The van der Waals surface area contributed by atoms with Gasteiger partial charge in [-0.05, 0) is 24.3 Å². The SMILES string of the molecule is COc1ccc(OC)c(Nc2cc(Nc3cccc4cccnc34)ncn2)c1. The first-order valence-electron chi connectivity index (χ1n) is 8.68. The first-order valence-corrected chi connectivity index (χ1v) is 8.68. The molecule has 2 aromatic heterocycles. The van der Waals surface area contributed by atoms with E-state index in [4.69, 9.17) is 9.47 Å². The van der Waals surface area contributed by atoms with Crippen molar-refractivity contribution in [3.05, 3.63) is 67.1 Å². The Morgan fingerprint density at radius 2 is 1.54 bits per heavy atom. The first kappa shape index (κ1) is 17.5. The summed E-state index contributed by atoms with van der Waals surface area (Å²) >= 11 is 0. The molecule has 0 aliphatic carbocycles. The van der Waals surface area contributed by atoms with Crippen LogP contribution in [0.4, 0.5) is 23.0 Å². The number of anilines is 4. The molecule has 0 atom stereocenters. The highest BCUT2D eigenvalue weighted by atomic mass is 16.5. The maximum Gasteiger partial charge on any atom is 0.142 e. The van der Waals surface area contributed by atoms with Crippen LogP contribution in [0.15, 0.2) is 67.1 Å². The Morgan fingerprint density at radius 3 is 2.32 bits per heavy atom. The smallest absolute Gasteiger partial charge is 0.142 e. The largest absolute Gasteiger partial charge is 0.497 e. The molecule has 0 bridgehead atoms. The van der Waals surface area contributed by atoms with E-state index in [1.165, 1.54) is 6.33 Å². The summed E-state index contributed by atoms with van der Waals surface area (Å²) in [7, 11) is 3.24. The summed E-state index contributed by atoms with van der Waals surface area (Å²) in [6.07, 6.45) is 3.27. The van der Waals surface area contributed by atoms with Crippen molar-refractivity contribution in [1.29, 1.82) is 0 Å². The quantitative estimate of drug-likeness (QED) is 0.514. The Morgan fingerprint density at radius 1 is 0.750 bits per heavy atom. The minimum Gasteiger partial charge on any atom is -0.497 e. The lowest BCUT2D eigenvalue weighted by molar-refractivity contribution is 0.405. The van der Waals surface area contributed by atoms with Gasteiger partial charge in [-0.25, -0.2) is 9.97 Å². The Kier molecular flexibility index (Phi) is 4.88. The van der Waals surface area contributed by atoms with Gasteiger partial charge in [0, 0.05) is 23.7 Å². The first-order chi connectivity index (χ1) is 13.8. The van der Waals surface area contributed by atoms with Crippen LogP contribution in [0.25, 0.3) is 10.9 Å². The average Bonchev–Trinajstić information content (AvgIpc) is 2.74. The predicted molar refractivity (Wildman–Crippen MR) is 110 cm³/mol. The van der Waals surface area contributed by atoms with Crippen molar-refractivity contribution in [2.75, 3.05) is 24.9 Å². The van der Waals surface area contributed by atoms with Gasteiger partial charge in [0.15, 0.2) is 0 Å². The van der Waals surface area contributed by atoms with Gasteiger partial charge in [0.05, 0.1) is 31.1 Å². The molecular formula is C21H19N5O2. The monoisotopic (exact) mass is 373 g/mol. The molecule has 4 aromatic rings. The molecule has 0 unspecified atom stereocenters. The zero-order valence-electron chi connectivity index (χ0n) is 15.5. The van der Waals surface area contributed by atoms with E-state index in [-0.39, 0.29) is 0 Å². The van der Waals surface area contributed by atoms with Gasteiger partial charge >= 0.3 is 0 Å². The molecule has 2 heterocycles. The van der Waals surface area contributed by atoms with Gasteiger partial charge in [0.25, 0.3) is 0 Å². The van der Waals surface area contributed by atoms with Crippen molar-refractivity contribution in [2.24, 2.45) is 0 Å². The van der Waals surface area contributed by atoms with Crippen LogP contribution in [0.3, 0.4) is 0 Å². The van der Waals surface area contributed by atoms with E-state index in [9.17, 15) is 0 Å². The molecule has 0 amide bonds. The van der Waals surface area contributed by atoms with Gasteiger partial charge in [-0.2, -0.15) is 0 Å². The van der Waals surface area contributed by atoms with E-state index in [2.05, 4.69) is 25.6 Å². The number of hydrogen-bond acceptors (Lipinski definition) is 7. The predicted octanol–water partition coefficient (Wildman–Crippen LogP) is 4.53. The highest BCUT2D eigenvalue weighted by Crippen LogP contribution is 2.31. The molecule has 140 valence electrons. The van der Waals surface area contributed by atoms with Crippen molar-refractivity contribution >= 4 is 33.9 Å². The number of para-hydroxylation sites is 1. The standard InChI is InChI=1S/C21H19N5O2/c1-27-15-8-9-18(28-2)17(11-15)26-20-12-19(23-13-24-20)25-16-7-3-5-14-6-4-10-22-21(14)16/h3-13H,1-2H3,(H2,23,24,25,26). The van der Waals surface area contributed by atoms with Crippen LogP contribution in [0.1, 0.15) is 0 Å². The molecule has 0 spiro atoms. The number of nitrogens with one attached hydrogen (secondary N) is 2. The zero-order valence-corrected chi connectivity index (χ0v) is 15.5. The summed E-state index contributed by atoms with van der Waals surface area (Å²) in [5.74, 6) is 2.68. The fourth-order valence-corrected chi connectivity index (χ4v) is 2.89. The summed E-state index contributed by atoms with van der Waals surface area (Å²) in [6.45, 7) is 0. The molecule has 2 N–H and O–H groups in total. The number of rotatable bonds is 6. The van der Waals surface area contributed by atoms with Gasteiger partial charge in [-0.15, -0.1) is 0 Å². The lowest BCUT2D eigenvalue weighted by Gasteiger charge is -2.13. The number of methoxy groups -OCH3 is 2. The Hall–Kier alpha value is -3.87. The topological polar surface area (TPSA) is 81.2 Å². The zero-order chi connectivity index (χ0) is 19.3. The number of pyridine rings is 1. The molecule has 7 nitrogen and oxygen atoms in total. The van der Waals surface area contributed by atoms with Gasteiger partial charge < -0.3 is 20.1 Å². The van der Waals surface area contributed by atoms with Crippen molar-refractivity contribution in [3.8, 4) is 11.5 Å². The molecule has 28 heavy (non-hydrogen) atoms. The number of benzene rings is 2. The molecule has 7 heteroatoms. The van der Waals surface area contributed by atoms with Crippen LogP contribution >= 0.6 is 0 Å². The summed E-state index contributed by atoms with van der Waals surface area (Å²) in [5, 5.41) is 7.62. The number of hydrogen-bond donors (Lipinski definition) is 2. The minimum absolute atomic E-state index is 0.622. The Labute approximate surface area is 162 Å². The van der Waals surface area contributed by atoms with Crippen LogP contribution in [0.2, 0.25) is 0 Å². The maximum absolute atomic E-state index is 5.41. The van der Waals surface area contributed by atoms with Crippen molar-refractivity contribution in [2.45, 2.75) is 0 Å². The van der Waals surface area contributed by atoms with Gasteiger partial charge in [0.1, 0.15) is 29.5 Å². The van der Waals surface area contributed by atoms with Gasteiger partial charge in [-0.1, -0.05) is 18.2 Å². The van der Waals surface area contributed by atoms with E-state index in [1.54, 1.807) is 20.4 Å². The van der Waals surface area contributed by atoms with E-state index in [1.807, 2.05) is 54.6 Å². The highest BCUT2D eigenvalue weighted by Gasteiger charge is 2.08. The van der Waals surface area contributed by atoms with Crippen LogP contribution in [0, 0.1) is 0 Å². The molecule has 0 fully saturated rings. The number of aromatic nitrogens is 3. The van der Waals surface area contributed by atoms with Crippen LogP contribution in [-0.2, 0) is 0 Å². The minimum atomic E-state index is 0.622. The summed E-state index contributed by atoms with van der Waals surface area (Å²) in [4.78, 5) is 13.1. The molecule has 0 saturated heterocycles. The van der Waals surface area contributed by atoms with Crippen molar-refractivity contribution < 1.29 is 9.47 Å². The maximum atomic E-state index is 5.41. The Balaban J connectivity index is 1.62. The highest BCUT2D eigenvalue weighted by molar-refractivity contribution is 5.91. The third kappa shape index (κ3) is 3.64. The molecule has 0 radical (unpaired) electrons. The number of nitrogens with zero attached hydrogens (tertiary/aromatic N) is 3. The molecule has 0 saturated carbocycles. The van der Waals surface area contributed by atoms with Gasteiger partial charge in [0.2, 0.25) is 0 Å². The second-order valence-corrected chi connectivity index (χ2v) is 5.99. The van der Waals surface area contributed by atoms with E-state index < -0.39 is 0 Å². The normalized spacial score (nSPS) is 10.5. The van der Waals surface area contributed by atoms with Crippen molar-refractivity contribution in [3.63, 3.8) is 0 Å². The molecule has 0 aliphatic heterocycles. The van der Waals surface area contributed by atoms with Gasteiger partial charge in [-0.3, -0.25) is 4.98 Å². The number of fused-ring (bicyclic) bond motifs is 1. The molecule has 4 rings (SSSR count). The fourth-order valence-electron chi connectivity index (χ4n) is 2.89. The third-order valence-electron chi connectivity index (χ3n) is 4.23. The van der Waals surface area contributed by atoms with E-state index in [0.717, 1.165) is 28.0 Å². The third-order valence-corrected chi connectivity index (χ3v) is 4.23. The van der Waals surface area contributed by atoms with E-state index in [0.29, 0.717) is 17.4 Å². The van der Waals surface area contributed by atoms with Crippen molar-refractivity contribution in [1.82, 2.24) is 15.0 Å². The second-order valence-electron chi connectivity index (χ2n) is 5.99. The van der Waals surface area contributed by atoms with Crippen LogP contribution in [-0.4, -0.2) is 29.2 Å². The Bertz CT molecular complexity index is 1110. The lowest BCUT2D eigenvalue weighted by atomic mass is 10.2. The fraction of sp³-hybridized carbons (Fsp3) is 0.0952. The lowest BCUT2D eigenvalue weighted by Crippen LogP contribution is -2.00. The van der Waals surface area contributed by atoms with Crippen LogP contribution < -0.4 is 20.1 Å². The van der Waals surface area contributed by atoms with E-state index >= 15 is 0 Å². The summed E-state index contributed by atoms with van der Waals surface area (Å²) in [5.41, 5.74) is 2.51. The summed E-state index contributed by atoms with van der Waals surface area (Å²) in [6, 6.07) is 17.3. The molecule has 0 aliphatic rings.